The van der Waals surface area contributed by atoms with Crippen molar-refractivity contribution in [2.45, 2.75) is 18.6 Å². The van der Waals surface area contributed by atoms with E-state index >= 15 is 0 Å². The molecule has 1 aromatic carbocycles. The third-order valence-corrected chi connectivity index (χ3v) is 4.69. The number of para-hydroxylation sites is 2. The zero-order valence-electron chi connectivity index (χ0n) is 15.1. The van der Waals surface area contributed by atoms with Gasteiger partial charge in [0.05, 0.1) is 12.8 Å². The highest BCUT2D eigenvalue weighted by Crippen LogP contribution is 2.31. The maximum Gasteiger partial charge on any atom is 0.325 e. The van der Waals surface area contributed by atoms with Crippen molar-refractivity contribution >= 4 is 17.8 Å². The molecule has 2 aromatic rings. The Hall–Kier alpha value is -3.49. The van der Waals surface area contributed by atoms with Crippen molar-refractivity contribution in [1.82, 2.24) is 15.5 Å². The van der Waals surface area contributed by atoms with Crippen LogP contribution >= 0.6 is 0 Å². The number of carbonyl (C=O) groups excluding carboxylic acids is 3. The van der Waals surface area contributed by atoms with E-state index in [0.29, 0.717) is 17.3 Å². The predicted octanol–water partition coefficient (Wildman–Crippen LogP) is 1.00. The van der Waals surface area contributed by atoms with Crippen molar-refractivity contribution in [2.75, 3.05) is 19.7 Å². The third kappa shape index (κ3) is 3.15. The monoisotopic (exact) mass is 385 g/mol. The van der Waals surface area contributed by atoms with Crippen molar-refractivity contribution < 1.29 is 28.3 Å². The molecule has 2 N–H and O–H groups in total. The van der Waals surface area contributed by atoms with E-state index in [9.17, 15) is 14.4 Å². The molecule has 2 atom stereocenters. The number of rotatable bonds is 5. The highest BCUT2D eigenvalue weighted by Gasteiger charge is 2.51. The number of amides is 4. The molecular formula is C19H19N3O6. The van der Waals surface area contributed by atoms with E-state index in [1.807, 2.05) is 12.1 Å². The molecule has 9 heteroatoms. The summed E-state index contributed by atoms with van der Waals surface area (Å²) in [6.07, 6.45) is 1.05. The Morgan fingerprint density at radius 3 is 2.79 bits per heavy atom. The fourth-order valence-corrected chi connectivity index (χ4v) is 3.16. The van der Waals surface area contributed by atoms with Crippen molar-refractivity contribution in [3.63, 3.8) is 0 Å². The lowest BCUT2D eigenvalue weighted by Gasteiger charge is -2.26. The van der Waals surface area contributed by atoms with Gasteiger partial charge in [0.2, 0.25) is 5.91 Å². The van der Waals surface area contributed by atoms with Crippen LogP contribution < -0.4 is 20.1 Å². The van der Waals surface area contributed by atoms with Crippen LogP contribution in [-0.4, -0.2) is 48.5 Å². The minimum absolute atomic E-state index is 0.187. The van der Waals surface area contributed by atoms with Crippen molar-refractivity contribution in [3.8, 4) is 11.5 Å². The number of nitrogens with one attached hydrogen (secondary N) is 2. The lowest BCUT2D eigenvalue weighted by atomic mass is 9.99. The van der Waals surface area contributed by atoms with Crippen LogP contribution in [0.4, 0.5) is 4.79 Å². The van der Waals surface area contributed by atoms with Crippen LogP contribution in [0.15, 0.2) is 47.1 Å². The normalized spacial score (nSPS) is 23.5. The first-order chi connectivity index (χ1) is 13.5. The molecule has 4 amide bonds. The minimum atomic E-state index is -1.33. The first-order valence-corrected chi connectivity index (χ1v) is 8.80. The van der Waals surface area contributed by atoms with Gasteiger partial charge in [-0.25, -0.2) is 4.79 Å². The van der Waals surface area contributed by atoms with Gasteiger partial charge in [-0.15, -0.1) is 0 Å². The molecular weight excluding hydrogens is 366 g/mol. The molecule has 0 aliphatic carbocycles. The van der Waals surface area contributed by atoms with Gasteiger partial charge in [0, 0.05) is 0 Å². The van der Waals surface area contributed by atoms with Crippen LogP contribution in [0.5, 0.6) is 11.5 Å². The zero-order chi connectivity index (χ0) is 19.7. The Bertz CT molecular complexity index is 912. The number of carbonyl (C=O) groups is 3. The standard InChI is InChI=1S/C19H19N3O6/c1-19(15-7-4-8-26-15)17(24)22(18(25)21-19)10-16(23)20-9-12-11-27-13-5-2-3-6-14(13)28-12/h2-8,12H,9-11H2,1H3,(H,20,23)(H,21,25)/t12-,19-/m0/s1. The summed E-state index contributed by atoms with van der Waals surface area (Å²) in [6.45, 7) is 1.61. The highest BCUT2D eigenvalue weighted by molar-refractivity contribution is 6.08. The second-order valence-corrected chi connectivity index (χ2v) is 6.73. The number of benzene rings is 1. The third-order valence-electron chi connectivity index (χ3n) is 4.69. The summed E-state index contributed by atoms with van der Waals surface area (Å²) in [5.74, 6) is 0.543. The number of hydrogen-bond donors (Lipinski definition) is 2. The molecule has 146 valence electrons. The van der Waals surface area contributed by atoms with Crippen LogP contribution in [0.1, 0.15) is 12.7 Å². The van der Waals surface area contributed by atoms with Gasteiger partial charge in [0.25, 0.3) is 5.91 Å². The Kier molecular flexibility index (Phi) is 4.42. The van der Waals surface area contributed by atoms with Crippen molar-refractivity contribution in [3.05, 3.63) is 48.4 Å². The summed E-state index contributed by atoms with van der Waals surface area (Å²) < 4.78 is 16.6. The number of furan rings is 1. The average molecular weight is 385 g/mol. The van der Waals surface area contributed by atoms with E-state index in [1.54, 1.807) is 24.3 Å². The molecule has 0 spiro atoms. The van der Waals surface area contributed by atoms with Crippen LogP contribution in [0, 0.1) is 0 Å². The van der Waals surface area contributed by atoms with E-state index in [-0.39, 0.29) is 19.3 Å². The molecule has 0 unspecified atom stereocenters. The first-order valence-electron chi connectivity index (χ1n) is 8.80. The number of nitrogens with zero attached hydrogens (tertiary/aromatic N) is 1. The zero-order valence-corrected chi connectivity index (χ0v) is 15.1. The Morgan fingerprint density at radius 2 is 2.04 bits per heavy atom. The number of hydrogen-bond acceptors (Lipinski definition) is 6. The largest absolute Gasteiger partial charge is 0.486 e. The smallest absolute Gasteiger partial charge is 0.325 e. The van der Waals surface area contributed by atoms with Crippen LogP contribution in [-0.2, 0) is 15.1 Å². The van der Waals surface area contributed by atoms with Gasteiger partial charge in [0.15, 0.2) is 17.0 Å². The quantitative estimate of drug-likeness (QED) is 0.743. The van der Waals surface area contributed by atoms with Gasteiger partial charge in [-0.05, 0) is 31.2 Å². The molecule has 1 aromatic heterocycles. The van der Waals surface area contributed by atoms with Gasteiger partial charge in [-0.2, -0.15) is 0 Å². The van der Waals surface area contributed by atoms with E-state index in [4.69, 9.17) is 13.9 Å². The van der Waals surface area contributed by atoms with Crippen molar-refractivity contribution in [1.29, 1.82) is 0 Å². The molecule has 2 aliphatic heterocycles. The lowest BCUT2D eigenvalue weighted by Crippen LogP contribution is -2.46. The van der Waals surface area contributed by atoms with Gasteiger partial charge in [-0.3, -0.25) is 14.5 Å². The molecule has 9 nitrogen and oxygen atoms in total. The van der Waals surface area contributed by atoms with Crippen LogP contribution in [0.3, 0.4) is 0 Å². The molecule has 28 heavy (non-hydrogen) atoms. The summed E-state index contributed by atoms with van der Waals surface area (Å²) in [6, 6.07) is 9.84. The summed E-state index contributed by atoms with van der Waals surface area (Å²) in [7, 11) is 0. The summed E-state index contributed by atoms with van der Waals surface area (Å²) in [5.41, 5.74) is -1.33. The number of urea groups is 1. The number of fused-ring (bicyclic) bond motifs is 1. The second-order valence-electron chi connectivity index (χ2n) is 6.73. The molecule has 0 radical (unpaired) electrons. The number of ether oxygens (including phenoxy) is 2. The molecule has 0 saturated carbocycles. The highest BCUT2D eigenvalue weighted by atomic mass is 16.6. The Morgan fingerprint density at radius 1 is 1.25 bits per heavy atom. The van der Waals surface area contributed by atoms with Gasteiger partial charge in [-0.1, -0.05) is 12.1 Å². The number of imide groups is 1. The molecule has 1 saturated heterocycles. The molecule has 0 bridgehead atoms. The van der Waals surface area contributed by atoms with E-state index < -0.39 is 29.9 Å². The summed E-state index contributed by atoms with van der Waals surface area (Å²) in [4.78, 5) is 38.0. The molecule has 1 fully saturated rings. The Balaban J connectivity index is 1.33. The maximum atomic E-state index is 12.7. The fourth-order valence-electron chi connectivity index (χ4n) is 3.16. The summed E-state index contributed by atoms with van der Waals surface area (Å²) in [5, 5.41) is 5.25. The molecule has 4 rings (SSSR count). The lowest BCUT2D eigenvalue weighted by molar-refractivity contribution is -0.135. The van der Waals surface area contributed by atoms with E-state index in [0.717, 1.165) is 4.90 Å². The second kappa shape index (κ2) is 6.91. The first kappa shape index (κ1) is 17.9. The average Bonchev–Trinajstić information content (AvgIpc) is 3.31. The maximum absolute atomic E-state index is 12.7. The van der Waals surface area contributed by atoms with Gasteiger partial charge < -0.3 is 24.5 Å². The van der Waals surface area contributed by atoms with Crippen molar-refractivity contribution in [2.24, 2.45) is 0 Å². The van der Waals surface area contributed by atoms with E-state index in [2.05, 4.69) is 10.6 Å². The Labute approximate surface area is 160 Å². The van der Waals surface area contributed by atoms with Gasteiger partial charge in [0.1, 0.15) is 25.0 Å². The van der Waals surface area contributed by atoms with Crippen LogP contribution in [0.2, 0.25) is 0 Å². The minimum Gasteiger partial charge on any atom is -0.486 e. The SMILES string of the molecule is C[C@@]1(c2ccco2)NC(=O)N(CC(=O)NC[C@H]2COc3ccccc3O2)C1=O. The summed E-state index contributed by atoms with van der Waals surface area (Å²) >= 11 is 0. The predicted molar refractivity (Wildman–Crippen MR) is 95.7 cm³/mol. The molecule has 3 heterocycles. The van der Waals surface area contributed by atoms with Crippen LogP contribution in [0.25, 0.3) is 0 Å². The topological polar surface area (TPSA) is 110 Å². The van der Waals surface area contributed by atoms with Gasteiger partial charge >= 0.3 is 6.03 Å². The molecule has 2 aliphatic rings. The van der Waals surface area contributed by atoms with E-state index in [1.165, 1.54) is 13.2 Å². The fraction of sp³-hybridized carbons (Fsp3) is 0.316.